The van der Waals surface area contributed by atoms with Crippen LogP contribution in [0.2, 0.25) is 0 Å². The van der Waals surface area contributed by atoms with Crippen LogP contribution in [-0.2, 0) is 0 Å². The van der Waals surface area contributed by atoms with Crippen molar-refractivity contribution in [2.24, 2.45) is 0 Å². The van der Waals surface area contributed by atoms with Gasteiger partial charge in [-0.3, -0.25) is 0 Å². The van der Waals surface area contributed by atoms with Crippen molar-refractivity contribution in [2.75, 3.05) is 4.90 Å². The monoisotopic (exact) mass is 670 g/mol. The lowest BCUT2D eigenvalue weighted by molar-refractivity contribution is 0.620. The largest absolute Gasteiger partial charge is 0.436 e. The van der Waals surface area contributed by atoms with Crippen LogP contribution in [0, 0.1) is 0 Å². The molecule has 2 heterocycles. The Balaban J connectivity index is 1.11. The summed E-state index contributed by atoms with van der Waals surface area (Å²) in [5, 5.41) is 4.82. The molecule has 10 rings (SSSR count). The Labute approximate surface area is 299 Å². The highest BCUT2D eigenvalue weighted by Gasteiger charge is 2.18. The summed E-state index contributed by atoms with van der Waals surface area (Å²) < 4.78 is 8.97. The summed E-state index contributed by atoms with van der Waals surface area (Å²) in [7, 11) is 0. The summed E-state index contributed by atoms with van der Waals surface area (Å²) in [5.41, 5.74) is 10.5. The lowest BCUT2D eigenvalue weighted by atomic mass is 9.97. The summed E-state index contributed by atoms with van der Waals surface area (Å²) in [6.45, 7) is 0. The number of rotatable bonds is 6. The van der Waals surface area contributed by atoms with Gasteiger partial charge in [-0.1, -0.05) is 121 Å². The van der Waals surface area contributed by atoms with Crippen LogP contribution < -0.4 is 4.90 Å². The van der Waals surface area contributed by atoms with Crippen molar-refractivity contribution in [3.63, 3.8) is 0 Å². The summed E-state index contributed by atoms with van der Waals surface area (Å²) in [6, 6.07) is 64.6. The minimum absolute atomic E-state index is 0.632. The molecule has 8 aromatic carbocycles. The van der Waals surface area contributed by atoms with E-state index in [1.54, 1.807) is 0 Å². The third-order valence-corrected chi connectivity index (χ3v) is 10.8. The number of aromatic nitrogens is 1. The molecule has 0 radical (unpaired) electrons. The van der Waals surface area contributed by atoms with Crippen molar-refractivity contribution >= 4 is 70.4 Å². The molecule has 0 saturated carbocycles. The molecule has 0 bridgehead atoms. The highest BCUT2D eigenvalue weighted by molar-refractivity contribution is 7.25. The molecule has 4 heteroatoms. The van der Waals surface area contributed by atoms with Gasteiger partial charge in [-0.2, -0.15) is 0 Å². The number of thiophene rings is 1. The molecule has 0 aliphatic rings. The molecule has 240 valence electrons. The van der Waals surface area contributed by atoms with Crippen LogP contribution in [0.3, 0.4) is 0 Å². The van der Waals surface area contributed by atoms with E-state index in [0.29, 0.717) is 5.89 Å². The van der Waals surface area contributed by atoms with Gasteiger partial charge in [0.2, 0.25) is 5.89 Å². The quantitative estimate of drug-likeness (QED) is 0.176. The highest BCUT2D eigenvalue weighted by atomic mass is 32.1. The highest BCUT2D eigenvalue weighted by Crippen LogP contribution is 2.43. The second-order valence-corrected chi connectivity index (χ2v) is 13.9. The molecule has 10 aromatic rings. The van der Waals surface area contributed by atoms with Gasteiger partial charge in [0.15, 0.2) is 5.58 Å². The summed E-state index contributed by atoms with van der Waals surface area (Å²) in [4.78, 5) is 7.31. The van der Waals surface area contributed by atoms with E-state index in [2.05, 4.69) is 157 Å². The van der Waals surface area contributed by atoms with Gasteiger partial charge in [-0.25, -0.2) is 4.98 Å². The first kappa shape index (κ1) is 29.4. The first-order chi connectivity index (χ1) is 25.3. The molecule has 51 heavy (non-hydrogen) atoms. The van der Waals surface area contributed by atoms with E-state index < -0.39 is 0 Å². The van der Waals surface area contributed by atoms with E-state index in [-0.39, 0.29) is 0 Å². The summed E-state index contributed by atoms with van der Waals surface area (Å²) >= 11 is 1.84. The minimum atomic E-state index is 0.632. The summed E-state index contributed by atoms with van der Waals surface area (Å²) in [5.74, 6) is 0.632. The van der Waals surface area contributed by atoms with E-state index in [1.807, 2.05) is 41.7 Å². The van der Waals surface area contributed by atoms with E-state index >= 15 is 0 Å². The smallest absolute Gasteiger partial charge is 0.227 e. The molecule has 0 N–H and O–H groups in total. The molecule has 0 amide bonds. The number of anilines is 3. The van der Waals surface area contributed by atoms with Crippen LogP contribution in [0.25, 0.3) is 75.8 Å². The number of nitrogens with zero attached hydrogens (tertiary/aromatic N) is 2. The maximum Gasteiger partial charge on any atom is 0.227 e. The Morgan fingerprint density at radius 2 is 1.04 bits per heavy atom. The van der Waals surface area contributed by atoms with Gasteiger partial charge in [-0.05, 0) is 88.3 Å². The number of oxazole rings is 1. The molecular weight excluding hydrogens is 641 g/mol. The van der Waals surface area contributed by atoms with E-state index in [4.69, 9.17) is 9.40 Å². The molecule has 3 nitrogen and oxygen atoms in total. The van der Waals surface area contributed by atoms with Crippen molar-refractivity contribution in [3.8, 4) is 33.7 Å². The van der Waals surface area contributed by atoms with Gasteiger partial charge in [0.1, 0.15) is 5.52 Å². The minimum Gasteiger partial charge on any atom is -0.436 e. The van der Waals surface area contributed by atoms with Gasteiger partial charge < -0.3 is 9.32 Å². The Hall–Kier alpha value is -6.49. The predicted octanol–water partition coefficient (Wildman–Crippen LogP) is 13.8. The molecule has 0 saturated heterocycles. The maximum absolute atomic E-state index is 6.39. The molecule has 0 spiro atoms. The third-order valence-electron chi connectivity index (χ3n) is 9.69. The van der Waals surface area contributed by atoms with Crippen molar-refractivity contribution < 1.29 is 4.42 Å². The normalized spacial score (nSPS) is 11.5. The Bertz CT molecular complexity index is 2850. The number of benzene rings is 8. The van der Waals surface area contributed by atoms with E-state index in [1.165, 1.54) is 31.3 Å². The molecule has 0 aliphatic carbocycles. The lowest BCUT2D eigenvalue weighted by Gasteiger charge is -2.26. The van der Waals surface area contributed by atoms with Gasteiger partial charge in [0.05, 0.1) is 0 Å². The second kappa shape index (κ2) is 12.1. The molecule has 0 unspecified atom stereocenters. The Morgan fingerprint density at radius 1 is 0.412 bits per heavy atom. The zero-order valence-electron chi connectivity index (χ0n) is 27.5. The lowest BCUT2D eigenvalue weighted by Crippen LogP contribution is -2.09. The van der Waals surface area contributed by atoms with Gasteiger partial charge in [0, 0.05) is 48.2 Å². The fourth-order valence-electron chi connectivity index (χ4n) is 7.25. The number of hydrogen-bond acceptors (Lipinski definition) is 4. The molecule has 0 atom stereocenters. The SMILES string of the molecule is c1ccc(-c2cccc(N(c3ccc(-c4cc5oc(-c6ccccc6)nc5c5ccccc45)cc3)c3ccc4c(c3)sc3ccccc34)c2)cc1. The predicted molar refractivity (Wildman–Crippen MR) is 215 cm³/mol. The maximum atomic E-state index is 6.39. The van der Waals surface area contributed by atoms with Crippen LogP contribution >= 0.6 is 11.3 Å². The van der Waals surface area contributed by atoms with E-state index in [9.17, 15) is 0 Å². The van der Waals surface area contributed by atoms with Gasteiger partial charge >= 0.3 is 0 Å². The first-order valence-corrected chi connectivity index (χ1v) is 17.9. The van der Waals surface area contributed by atoms with Crippen molar-refractivity contribution in [1.29, 1.82) is 0 Å². The zero-order valence-corrected chi connectivity index (χ0v) is 28.3. The molecule has 2 aromatic heterocycles. The molecule has 0 fully saturated rings. The van der Waals surface area contributed by atoms with Gasteiger partial charge in [-0.15, -0.1) is 11.3 Å². The van der Waals surface area contributed by atoms with Gasteiger partial charge in [0.25, 0.3) is 0 Å². The Kier molecular flexibility index (Phi) is 7.00. The van der Waals surface area contributed by atoms with Crippen molar-refractivity contribution in [3.05, 3.63) is 182 Å². The second-order valence-electron chi connectivity index (χ2n) is 12.8. The van der Waals surface area contributed by atoms with Crippen LogP contribution in [0.15, 0.2) is 186 Å². The van der Waals surface area contributed by atoms with Crippen molar-refractivity contribution in [2.45, 2.75) is 0 Å². The first-order valence-electron chi connectivity index (χ1n) is 17.1. The number of fused-ring (bicyclic) bond motifs is 6. The zero-order chi connectivity index (χ0) is 33.7. The topological polar surface area (TPSA) is 29.3 Å². The average Bonchev–Trinajstić information content (AvgIpc) is 3.81. The Morgan fingerprint density at radius 3 is 1.84 bits per heavy atom. The van der Waals surface area contributed by atoms with E-state index in [0.717, 1.165) is 55.6 Å². The standard InChI is InChI=1S/C47H30N2OS/c1-3-12-31(13-4-1)34-16-11-17-36(28-34)49(37-26-27-40-39-19-9-10-21-44(39)51-45(40)29-37)35-24-22-32(23-25-35)42-30-43-46(41-20-8-7-18-38(41)42)48-47(50-43)33-14-5-2-6-15-33/h1-30H. The van der Waals surface area contributed by atoms with Crippen LogP contribution in [-0.4, -0.2) is 4.98 Å². The third kappa shape index (κ3) is 5.16. The molecular formula is C47H30N2OS. The van der Waals surface area contributed by atoms with Crippen LogP contribution in [0.4, 0.5) is 17.1 Å². The average molecular weight is 671 g/mol. The molecule has 0 aliphatic heterocycles. The fraction of sp³-hybridized carbons (Fsp3) is 0. The van der Waals surface area contributed by atoms with Crippen molar-refractivity contribution in [1.82, 2.24) is 4.98 Å². The number of hydrogen-bond donors (Lipinski definition) is 0. The fourth-order valence-corrected chi connectivity index (χ4v) is 8.38. The van der Waals surface area contributed by atoms with Crippen LogP contribution in [0.1, 0.15) is 0 Å². The summed E-state index contributed by atoms with van der Waals surface area (Å²) in [6.07, 6.45) is 0. The van der Waals surface area contributed by atoms with Crippen LogP contribution in [0.5, 0.6) is 0 Å².